The van der Waals surface area contributed by atoms with E-state index in [9.17, 15) is 9.59 Å². The van der Waals surface area contributed by atoms with Crippen molar-refractivity contribution in [3.05, 3.63) is 88.1 Å². The highest BCUT2D eigenvalue weighted by Crippen LogP contribution is 2.21. The summed E-state index contributed by atoms with van der Waals surface area (Å²) < 4.78 is 6.93. The van der Waals surface area contributed by atoms with Crippen LogP contribution in [0.25, 0.3) is 0 Å². The van der Waals surface area contributed by atoms with Crippen molar-refractivity contribution in [3.63, 3.8) is 0 Å². The second-order valence-electron chi connectivity index (χ2n) is 7.24. The van der Waals surface area contributed by atoms with Crippen LogP contribution in [0.15, 0.2) is 65.5 Å². The third-order valence-electron chi connectivity index (χ3n) is 5.18. The average Bonchev–Trinajstić information content (AvgIpc) is 3.13. The number of benzene rings is 2. The van der Waals surface area contributed by atoms with Crippen LogP contribution >= 0.6 is 0 Å². The number of hydrogen-bond acceptors (Lipinski definition) is 4. The number of H-pyrrole nitrogens is 1. The second kappa shape index (κ2) is 8.77. The molecule has 1 fully saturated rings. The SMILES string of the molecule is O=C(OCc1ccccc1)N1CCC(n2nc(Cc3ccccc3)[nH]c2=O)CC1. The molecule has 1 saturated heterocycles. The molecule has 4 rings (SSSR count). The highest BCUT2D eigenvalue weighted by molar-refractivity contribution is 5.67. The van der Waals surface area contributed by atoms with Gasteiger partial charge in [0.25, 0.3) is 0 Å². The monoisotopic (exact) mass is 392 g/mol. The first-order valence-electron chi connectivity index (χ1n) is 9.86. The number of piperidine rings is 1. The number of nitrogens with zero attached hydrogens (tertiary/aromatic N) is 3. The molecule has 7 nitrogen and oxygen atoms in total. The van der Waals surface area contributed by atoms with E-state index in [0.29, 0.717) is 38.2 Å². The molecule has 3 aromatic rings. The van der Waals surface area contributed by atoms with Gasteiger partial charge in [-0.1, -0.05) is 60.7 Å². The van der Waals surface area contributed by atoms with Crippen LogP contribution in [0.1, 0.15) is 35.8 Å². The summed E-state index contributed by atoms with van der Waals surface area (Å²) in [6.07, 6.45) is 1.63. The van der Waals surface area contributed by atoms with E-state index >= 15 is 0 Å². The molecule has 7 heteroatoms. The van der Waals surface area contributed by atoms with Crippen LogP contribution in [-0.2, 0) is 17.8 Å². The molecule has 2 aromatic carbocycles. The fraction of sp³-hybridized carbons (Fsp3) is 0.318. The van der Waals surface area contributed by atoms with E-state index < -0.39 is 0 Å². The molecule has 150 valence electrons. The Hall–Kier alpha value is -3.35. The first-order valence-corrected chi connectivity index (χ1v) is 9.86. The largest absolute Gasteiger partial charge is 0.445 e. The Morgan fingerprint density at radius 1 is 1.00 bits per heavy atom. The third-order valence-corrected chi connectivity index (χ3v) is 5.18. The quantitative estimate of drug-likeness (QED) is 0.723. The van der Waals surface area contributed by atoms with Gasteiger partial charge in [-0.15, -0.1) is 0 Å². The summed E-state index contributed by atoms with van der Waals surface area (Å²) in [7, 11) is 0. The molecule has 1 aliphatic heterocycles. The van der Waals surface area contributed by atoms with E-state index in [1.54, 1.807) is 4.90 Å². The Balaban J connectivity index is 1.31. The number of hydrogen-bond donors (Lipinski definition) is 1. The summed E-state index contributed by atoms with van der Waals surface area (Å²) in [5.74, 6) is 0.658. The highest BCUT2D eigenvalue weighted by atomic mass is 16.6. The van der Waals surface area contributed by atoms with Crippen LogP contribution in [0.5, 0.6) is 0 Å². The van der Waals surface area contributed by atoms with E-state index in [2.05, 4.69) is 10.1 Å². The zero-order valence-electron chi connectivity index (χ0n) is 16.2. The molecule has 0 unspecified atom stereocenters. The Morgan fingerprint density at radius 3 is 2.28 bits per heavy atom. The number of rotatable bonds is 5. The zero-order valence-corrected chi connectivity index (χ0v) is 16.2. The lowest BCUT2D eigenvalue weighted by Crippen LogP contribution is -2.41. The van der Waals surface area contributed by atoms with E-state index in [4.69, 9.17) is 4.74 Å². The van der Waals surface area contributed by atoms with Crippen molar-refractivity contribution < 1.29 is 9.53 Å². The van der Waals surface area contributed by atoms with Crippen LogP contribution in [0, 0.1) is 0 Å². The molecule has 2 heterocycles. The summed E-state index contributed by atoms with van der Waals surface area (Å²) in [4.78, 5) is 29.2. The summed E-state index contributed by atoms with van der Waals surface area (Å²) in [5.41, 5.74) is 1.87. The molecule has 1 aromatic heterocycles. The summed E-state index contributed by atoms with van der Waals surface area (Å²) >= 11 is 0. The van der Waals surface area contributed by atoms with Crippen LogP contribution in [0.4, 0.5) is 4.79 Å². The normalized spacial score (nSPS) is 14.7. The molecular weight excluding hydrogens is 368 g/mol. The fourth-order valence-corrected chi connectivity index (χ4v) is 3.60. The van der Waals surface area contributed by atoms with Crippen LogP contribution < -0.4 is 5.69 Å². The Bertz CT molecular complexity index is 990. The maximum atomic E-state index is 12.3. The van der Waals surface area contributed by atoms with Crippen molar-refractivity contribution in [3.8, 4) is 0 Å². The van der Waals surface area contributed by atoms with E-state index in [0.717, 1.165) is 11.1 Å². The summed E-state index contributed by atoms with van der Waals surface area (Å²) in [5, 5.41) is 4.49. The van der Waals surface area contributed by atoms with Gasteiger partial charge in [-0.2, -0.15) is 5.10 Å². The smallest absolute Gasteiger partial charge is 0.410 e. The number of ether oxygens (including phenoxy) is 1. The van der Waals surface area contributed by atoms with Crippen LogP contribution in [0.3, 0.4) is 0 Å². The summed E-state index contributed by atoms with van der Waals surface area (Å²) in [6, 6.07) is 19.5. The van der Waals surface area contributed by atoms with E-state index in [1.807, 2.05) is 60.7 Å². The van der Waals surface area contributed by atoms with Gasteiger partial charge < -0.3 is 9.64 Å². The number of amides is 1. The Morgan fingerprint density at radius 2 is 1.62 bits per heavy atom. The van der Waals surface area contributed by atoms with Crippen LogP contribution in [-0.4, -0.2) is 38.8 Å². The summed E-state index contributed by atoms with van der Waals surface area (Å²) in [6.45, 7) is 1.36. The predicted octanol–water partition coefficient (Wildman–Crippen LogP) is 3.14. The van der Waals surface area contributed by atoms with Crippen molar-refractivity contribution in [1.29, 1.82) is 0 Å². The van der Waals surface area contributed by atoms with Gasteiger partial charge in [-0.05, 0) is 24.0 Å². The first kappa shape index (κ1) is 19.0. The second-order valence-corrected chi connectivity index (χ2v) is 7.24. The lowest BCUT2D eigenvalue weighted by atomic mass is 10.1. The Labute approximate surface area is 168 Å². The van der Waals surface area contributed by atoms with Crippen molar-refractivity contribution >= 4 is 6.09 Å². The Kier molecular flexibility index (Phi) is 5.74. The molecule has 0 atom stereocenters. The van der Waals surface area contributed by atoms with Gasteiger partial charge in [0.2, 0.25) is 0 Å². The fourth-order valence-electron chi connectivity index (χ4n) is 3.60. The average molecular weight is 392 g/mol. The van der Waals surface area contributed by atoms with Crippen molar-refractivity contribution in [2.45, 2.75) is 31.9 Å². The number of aromatic nitrogens is 3. The zero-order chi connectivity index (χ0) is 20.1. The van der Waals surface area contributed by atoms with Gasteiger partial charge in [0, 0.05) is 19.5 Å². The van der Waals surface area contributed by atoms with Gasteiger partial charge >= 0.3 is 11.8 Å². The number of nitrogens with one attached hydrogen (secondary N) is 1. The number of carbonyl (C=O) groups is 1. The van der Waals surface area contributed by atoms with Gasteiger partial charge in [0.1, 0.15) is 12.4 Å². The molecule has 0 saturated carbocycles. The number of aromatic amines is 1. The number of likely N-dealkylation sites (tertiary alicyclic amines) is 1. The topological polar surface area (TPSA) is 80.2 Å². The molecule has 0 radical (unpaired) electrons. The van der Waals surface area contributed by atoms with Crippen LogP contribution in [0.2, 0.25) is 0 Å². The lowest BCUT2D eigenvalue weighted by molar-refractivity contribution is 0.0818. The minimum absolute atomic E-state index is 0.0125. The lowest BCUT2D eigenvalue weighted by Gasteiger charge is -2.30. The molecule has 0 spiro atoms. The predicted molar refractivity (Wildman–Crippen MR) is 109 cm³/mol. The highest BCUT2D eigenvalue weighted by Gasteiger charge is 2.26. The van der Waals surface area contributed by atoms with E-state index in [1.165, 1.54) is 4.68 Å². The first-order chi connectivity index (χ1) is 14.2. The van der Waals surface area contributed by atoms with Crippen molar-refractivity contribution in [2.24, 2.45) is 0 Å². The van der Waals surface area contributed by atoms with Gasteiger partial charge in [-0.3, -0.25) is 4.98 Å². The van der Waals surface area contributed by atoms with Gasteiger partial charge in [0.05, 0.1) is 6.04 Å². The maximum Gasteiger partial charge on any atom is 0.410 e. The molecule has 1 aliphatic rings. The minimum atomic E-state index is -0.313. The van der Waals surface area contributed by atoms with Crippen molar-refractivity contribution in [1.82, 2.24) is 19.7 Å². The van der Waals surface area contributed by atoms with Gasteiger partial charge in [-0.25, -0.2) is 14.3 Å². The molecule has 29 heavy (non-hydrogen) atoms. The van der Waals surface area contributed by atoms with E-state index in [-0.39, 0.29) is 24.4 Å². The minimum Gasteiger partial charge on any atom is -0.445 e. The molecule has 1 amide bonds. The molecule has 0 aliphatic carbocycles. The standard InChI is InChI=1S/C22H24N4O3/c27-21-23-20(15-17-7-3-1-4-8-17)24-26(21)19-11-13-25(14-12-19)22(28)29-16-18-9-5-2-6-10-18/h1-10,19H,11-16H2,(H,23,24,27). The van der Waals surface area contributed by atoms with Gasteiger partial charge in [0.15, 0.2) is 0 Å². The van der Waals surface area contributed by atoms with Crippen molar-refractivity contribution in [2.75, 3.05) is 13.1 Å². The number of carbonyl (C=O) groups excluding carboxylic acids is 1. The molecule has 0 bridgehead atoms. The third kappa shape index (κ3) is 4.74. The molecule has 1 N–H and O–H groups in total. The molecular formula is C22H24N4O3. The maximum absolute atomic E-state index is 12.3.